The summed E-state index contributed by atoms with van der Waals surface area (Å²) in [6.07, 6.45) is 1.06. The van der Waals surface area contributed by atoms with E-state index in [-0.39, 0.29) is 0 Å². The Morgan fingerprint density at radius 3 is 1.43 bits per heavy atom. The highest BCUT2D eigenvalue weighted by Crippen LogP contribution is 2.41. The summed E-state index contributed by atoms with van der Waals surface area (Å²) < 4.78 is 25.2. The van der Waals surface area contributed by atoms with Crippen LogP contribution in [0.3, 0.4) is 0 Å². The summed E-state index contributed by atoms with van der Waals surface area (Å²) in [7, 11) is 0.666. The van der Waals surface area contributed by atoms with E-state index < -0.39 is 8.56 Å². The summed E-state index contributed by atoms with van der Waals surface area (Å²) in [6, 6.07) is 34.2. The Labute approximate surface area is 236 Å². The Morgan fingerprint density at radius 2 is 1.05 bits per heavy atom. The van der Waals surface area contributed by atoms with Gasteiger partial charge in [-0.3, -0.25) is 9.98 Å². The van der Waals surface area contributed by atoms with Crippen molar-refractivity contribution in [1.29, 1.82) is 0 Å². The smallest absolute Gasteiger partial charge is 0.460 e. The topological polar surface area (TPSA) is 61.6 Å². The second-order valence-corrected chi connectivity index (χ2v) is 13.1. The van der Waals surface area contributed by atoms with E-state index in [4.69, 9.17) is 28.3 Å². The molecule has 4 aromatic rings. The molecule has 40 heavy (non-hydrogen) atoms. The molecule has 2 aliphatic rings. The van der Waals surface area contributed by atoms with Crippen molar-refractivity contribution < 1.29 is 18.3 Å². The van der Waals surface area contributed by atoms with Crippen LogP contribution in [-0.4, -0.2) is 47.3 Å². The molecule has 0 saturated carbocycles. The van der Waals surface area contributed by atoms with Gasteiger partial charge in [-0.2, -0.15) is 0 Å². The van der Waals surface area contributed by atoms with Crippen LogP contribution in [-0.2, 0) is 0 Å². The fourth-order valence-electron chi connectivity index (χ4n) is 5.09. The van der Waals surface area contributed by atoms with Gasteiger partial charge >= 0.3 is 8.56 Å². The van der Waals surface area contributed by atoms with Crippen LogP contribution < -0.4 is 18.3 Å². The van der Waals surface area contributed by atoms with Gasteiger partial charge in [-0.1, -0.05) is 60.7 Å². The van der Waals surface area contributed by atoms with Gasteiger partial charge in [-0.05, 0) is 30.7 Å². The summed E-state index contributed by atoms with van der Waals surface area (Å²) in [6.45, 7) is 1.03. The van der Waals surface area contributed by atoms with Crippen LogP contribution in [0.25, 0.3) is 0 Å². The van der Waals surface area contributed by atoms with Crippen molar-refractivity contribution in [3.05, 3.63) is 119 Å². The Bertz CT molecular complexity index is 1440. The number of aliphatic imine (C=N–C) groups is 2. The van der Waals surface area contributed by atoms with Gasteiger partial charge in [-0.25, -0.2) is 0 Å². The fraction of sp³-hybridized carbons (Fsp3) is 0.212. The van der Waals surface area contributed by atoms with E-state index in [1.807, 2.05) is 72.8 Å². The Balaban J connectivity index is 1.54. The number of ether oxygens (including phenoxy) is 2. The number of hydrogen-bond acceptors (Lipinski definition) is 6. The van der Waals surface area contributed by atoms with Crippen LogP contribution in [0.4, 0.5) is 0 Å². The fourth-order valence-corrected chi connectivity index (χ4v) is 7.61. The first-order chi connectivity index (χ1) is 19.7. The number of fused-ring (bicyclic) bond motifs is 2. The van der Waals surface area contributed by atoms with Crippen molar-refractivity contribution in [1.82, 2.24) is 0 Å². The molecule has 1 spiro atoms. The van der Waals surface area contributed by atoms with Crippen LogP contribution in [0.2, 0.25) is 12.1 Å². The van der Waals surface area contributed by atoms with E-state index in [1.165, 1.54) is 0 Å². The SMILES string of the molecule is COc1ccc2c(c1)O[Si]1(CCC1)Oc1cc(OC)ccc1C(c1ccccc1)=NCCN=C2c1ccccc1. The summed E-state index contributed by atoms with van der Waals surface area (Å²) in [4.78, 5) is 10.2. The van der Waals surface area contributed by atoms with Crippen LogP contribution in [0.15, 0.2) is 107 Å². The first-order valence-electron chi connectivity index (χ1n) is 13.6. The second kappa shape index (κ2) is 11.4. The molecule has 6 nitrogen and oxygen atoms in total. The van der Waals surface area contributed by atoms with Gasteiger partial charge < -0.3 is 18.3 Å². The van der Waals surface area contributed by atoms with Crippen LogP contribution in [0.1, 0.15) is 28.7 Å². The summed E-state index contributed by atoms with van der Waals surface area (Å²) in [5, 5.41) is 0. The van der Waals surface area contributed by atoms with Crippen LogP contribution in [0, 0.1) is 0 Å². The molecule has 4 aromatic carbocycles. The van der Waals surface area contributed by atoms with E-state index in [0.29, 0.717) is 13.1 Å². The van der Waals surface area contributed by atoms with Gasteiger partial charge in [0.25, 0.3) is 0 Å². The molecule has 6 rings (SSSR count). The zero-order valence-electron chi connectivity index (χ0n) is 22.8. The van der Waals surface area contributed by atoms with Gasteiger partial charge in [0.05, 0.1) is 38.7 Å². The van der Waals surface area contributed by atoms with Gasteiger partial charge in [0, 0.05) is 46.5 Å². The third-order valence-corrected chi connectivity index (χ3v) is 10.7. The average Bonchev–Trinajstić information content (AvgIpc) is 3.00. The molecule has 0 atom stereocenters. The standard InChI is InChI=1S/C33H32N2O4Si/c1-36-26-14-16-28-30(22-26)38-40(20-9-21-40)39-31-23-27(37-2)15-17-29(31)33(25-12-7-4-8-13-25)35-19-18-34-32(28)24-10-5-3-6-11-24/h3-8,10-17,22-23H,9,18-21H2,1-2H3. The lowest BCUT2D eigenvalue weighted by molar-refractivity contribution is 0.346. The number of rotatable bonds is 4. The largest absolute Gasteiger partial charge is 0.511 e. The zero-order chi connectivity index (χ0) is 27.4. The number of methoxy groups -OCH3 is 2. The predicted octanol–water partition coefficient (Wildman–Crippen LogP) is 6.70. The van der Waals surface area contributed by atoms with Crippen molar-refractivity contribution >= 4 is 20.0 Å². The molecule has 0 N–H and O–H groups in total. The molecule has 2 heterocycles. The minimum Gasteiger partial charge on any atom is -0.511 e. The quantitative estimate of drug-likeness (QED) is 0.267. The minimum atomic E-state index is -2.68. The predicted molar refractivity (Wildman–Crippen MR) is 161 cm³/mol. The lowest BCUT2D eigenvalue weighted by Crippen LogP contribution is -2.54. The highest BCUT2D eigenvalue weighted by Gasteiger charge is 2.50. The van der Waals surface area contributed by atoms with E-state index >= 15 is 0 Å². The Morgan fingerprint density at radius 1 is 0.600 bits per heavy atom. The lowest BCUT2D eigenvalue weighted by atomic mass is 10.0. The van der Waals surface area contributed by atoms with Crippen molar-refractivity contribution in [2.75, 3.05) is 27.3 Å². The van der Waals surface area contributed by atoms with Crippen molar-refractivity contribution in [2.45, 2.75) is 18.5 Å². The first kappa shape index (κ1) is 25.9. The Kier molecular flexibility index (Phi) is 7.38. The highest BCUT2D eigenvalue weighted by molar-refractivity contribution is 6.71. The molecular formula is C33H32N2O4Si. The van der Waals surface area contributed by atoms with E-state index in [1.54, 1.807) is 14.2 Å². The van der Waals surface area contributed by atoms with E-state index in [9.17, 15) is 0 Å². The van der Waals surface area contributed by atoms with Gasteiger partial charge in [0.1, 0.15) is 23.0 Å². The molecule has 0 radical (unpaired) electrons. The molecule has 0 amide bonds. The third kappa shape index (κ3) is 5.25. The molecular weight excluding hydrogens is 516 g/mol. The maximum Gasteiger partial charge on any atom is 0.460 e. The molecule has 0 unspecified atom stereocenters. The molecule has 1 fully saturated rings. The lowest BCUT2D eigenvalue weighted by Gasteiger charge is -2.39. The normalized spacial score (nSPS) is 16.1. The molecule has 2 aliphatic heterocycles. The monoisotopic (exact) mass is 548 g/mol. The molecule has 1 saturated heterocycles. The zero-order valence-corrected chi connectivity index (χ0v) is 23.8. The average molecular weight is 549 g/mol. The molecule has 0 aliphatic carbocycles. The third-order valence-electron chi connectivity index (χ3n) is 7.33. The highest BCUT2D eigenvalue weighted by atomic mass is 28.4. The van der Waals surface area contributed by atoms with E-state index in [0.717, 1.165) is 75.2 Å². The van der Waals surface area contributed by atoms with Gasteiger partial charge in [-0.15, -0.1) is 0 Å². The van der Waals surface area contributed by atoms with Gasteiger partial charge in [0.2, 0.25) is 0 Å². The van der Waals surface area contributed by atoms with Crippen LogP contribution >= 0.6 is 0 Å². The maximum absolute atomic E-state index is 6.97. The second-order valence-electron chi connectivity index (χ2n) is 9.89. The summed E-state index contributed by atoms with van der Waals surface area (Å²) >= 11 is 0. The molecule has 202 valence electrons. The molecule has 7 heteroatoms. The summed E-state index contributed by atoms with van der Waals surface area (Å²) in [5.74, 6) is 2.94. The number of hydrogen-bond donors (Lipinski definition) is 0. The summed E-state index contributed by atoms with van der Waals surface area (Å²) in [5.41, 5.74) is 5.64. The van der Waals surface area contributed by atoms with Crippen LogP contribution in [0.5, 0.6) is 23.0 Å². The van der Waals surface area contributed by atoms with Gasteiger partial charge in [0.15, 0.2) is 0 Å². The Hall–Kier alpha value is -4.36. The first-order valence-corrected chi connectivity index (χ1v) is 15.9. The van der Waals surface area contributed by atoms with E-state index in [2.05, 4.69) is 24.3 Å². The van der Waals surface area contributed by atoms with Crippen molar-refractivity contribution in [3.8, 4) is 23.0 Å². The molecule has 0 aromatic heterocycles. The number of nitrogens with zero attached hydrogens (tertiary/aromatic N) is 2. The molecule has 0 bridgehead atoms. The minimum absolute atomic E-state index is 0.515. The number of benzene rings is 4. The maximum atomic E-state index is 6.97. The van der Waals surface area contributed by atoms with Crippen molar-refractivity contribution in [2.24, 2.45) is 9.98 Å². The van der Waals surface area contributed by atoms with Crippen molar-refractivity contribution in [3.63, 3.8) is 0 Å².